The van der Waals surface area contributed by atoms with Crippen molar-refractivity contribution in [1.82, 2.24) is 15.6 Å². The number of aromatic nitrogens is 1. The van der Waals surface area contributed by atoms with Gasteiger partial charge in [-0.1, -0.05) is 18.2 Å². The monoisotopic (exact) mass is 278 g/mol. The lowest BCUT2D eigenvalue weighted by Crippen LogP contribution is -2.23. The van der Waals surface area contributed by atoms with Crippen LogP contribution in [0.5, 0.6) is 0 Å². The van der Waals surface area contributed by atoms with Gasteiger partial charge in [0.25, 0.3) is 5.91 Å². The lowest BCUT2D eigenvalue weighted by Gasteiger charge is -2.06. The number of hydrogen-bond acceptors (Lipinski definition) is 4. The Bertz CT molecular complexity index is 716. The molecule has 1 amide bonds. The van der Waals surface area contributed by atoms with E-state index in [0.29, 0.717) is 17.8 Å². The molecule has 0 fully saturated rings. The van der Waals surface area contributed by atoms with Crippen LogP contribution in [0.1, 0.15) is 32.7 Å². The highest BCUT2D eigenvalue weighted by molar-refractivity contribution is 5.92. The van der Waals surface area contributed by atoms with E-state index in [-0.39, 0.29) is 5.91 Å². The summed E-state index contributed by atoms with van der Waals surface area (Å²) in [7, 11) is 0. The predicted molar refractivity (Wildman–Crippen MR) is 77.1 cm³/mol. The zero-order valence-electron chi connectivity index (χ0n) is 11.4. The maximum atomic E-state index is 12.0. The molecule has 0 saturated heterocycles. The van der Waals surface area contributed by atoms with Gasteiger partial charge in [0.05, 0.1) is 5.56 Å². The van der Waals surface area contributed by atoms with Crippen LogP contribution in [0.2, 0.25) is 0 Å². The van der Waals surface area contributed by atoms with E-state index in [2.05, 4.69) is 27.8 Å². The van der Waals surface area contributed by atoms with Crippen LogP contribution in [0.25, 0.3) is 0 Å². The molecule has 0 atom stereocenters. The molecule has 0 saturated carbocycles. The quantitative estimate of drug-likeness (QED) is 0.891. The van der Waals surface area contributed by atoms with Crippen LogP contribution in [0, 0.1) is 11.3 Å². The Labute approximate surface area is 122 Å². The Morgan fingerprint density at radius 1 is 1.29 bits per heavy atom. The number of nitriles is 1. The number of benzene rings is 1. The number of amides is 1. The summed E-state index contributed by atoms with van der Waals surface area (Å²) >= 11 is 0. The van der Waals surface area contributed by atoms with Gasteiger partial charge >= 0.3 is 0 Å². The number of fused-ring (bicyclic) bond motifs is 1. The third-order valence-corrected chi connectivity index (χ3v) is 3.48. The van der Waals surface area contributed by atoms with Gasteiger partial charge in [0, 0.05) is 25.8 Å². The molecule has 1 aromatic carbocycles. The van der Waals surface area contributed by atoms with Crippen LogP contribution in [0.4, 0.5) is 0 Å². The number of carbonyl (C=O) groups is 1. The van der Waals surface area contributed by atoms with Gasteiger partial charge in [-0.3, -0.25) is 4.79 Å². The summed E-state index contributed by atoms with van der Waals surface area (Å²) < 4.78 is 0. The van der Waals surface area contributed by atoms with Gasteiger partial charge in [-0.25, -0.2) is 4.98 Å². The van der Waals surface area contributed by atoms with E-state index in [0.717, 1.165) is 18.7 Å². The minimum absolute atomic E-state index is 0.238. The summed E-state index contributed by atoms with van der Waals surface area (Å²) in [5.74, 6) is -0.238. The van der Waals surface area contributed by atoms with Gasteiger partial charge in [0.15, 0.2) is 0 Å². The van der Waals surface area contributed by atoms with Crippen LogP contribution in [0.3, 0.4) is 0 Å². The van der Waals surface area contributed by atoms with E-state index >= 15 is 0 Å². The number of carbonyl (C=O) groups excluding carboxylic acids is 1. The Morgan fingerprint density at radius 3 is 2.90 bits per heavy atom. The van der Waals surface area contributed by atoms with E-state index < -0.39 is 0 Å². The van der Waals surface area contributed by atoms with Crippen LogP contribution in [0.15, 0.2) is 36.5 Å². The van der Waals surface area contributed by atoms with Gasteiger partial charge in [-0.15, -0.1) is 0 Å². The van der Waals surface area contributed by atoms with Gasteiger partial charge in [0.1, 0.15) is 11.8 Å². The summed E-state index contributed by atoms with van der Waals surface area (Å²) in [6.45, 7) is 2.26. The van der Waals surface area contributed by atoms with Crippen molar-refractivity contribution >= 4 is 5.91 Å². The van der Waals surface area contributed by atoms with Crippen molar-refractivity contribution in [3.63, 3.8) is 0 Å². The van der Waals surface area contributed by atoms with Crippen LogP contribution in [-0.4, -0.2) is 10.9 Å². The van der Waals surface area contributed by atoms with Crippen molar-refractivity contribution in [1.29, 1.82) is 5.26 Å². The van der Waals surface area contributed by atoms with Gasteiger partial charge < -0.3 is 10.6 Å². The molecule has 0 radical (unpaired) electrons. The topological polar surface area (TPSA) is 77.8 Å². The summed E-state index contributed by atoms with van der Waals surface area (Å²) in [6.07, 6.45) is 1.40. The lowest BCUT2D eigenvalue weighted by molar-refractivity contribution is 0.0946. The summed E-state index contributed by atoms with van der Waals surface area (Å²) in [4.78, 5) is 16.0. The molecule has 5 heteroatoms. The van der Waals surface area contributed by atoms with Crippen LogP contribution < -0.4 is 10.6 Å². The van der Waals surface area contributed by atoms with Crippen molar-refractivity contribution in [2.45, 2.75) is 19.6 Å². The van der Waals surface area contributed by atoms with Crippen molar-refractivity contribution in [2.75, 3.05) is 0 Å². The van der Waals surface area contributed by atoms with E-state index in [1.54, 1.807) is 12.1 Å². The van der Waals surface area contributed by atoms with Gasteiger partial charge in [0.2, 0.25) is 0 Å². The number of rotatable bonds is 3. The second kappa shape index (κ2) is 5.73. The second-order valence-corrected chi connectivity index (χ2v) is 4.93. The molecule has 0 aliphatic carbocycles. The first-order valence-electron chi connectivity index (χ1n) is 6.72. The molecule has 1 aromatic heterocycles. The third kappa shape index (κ3) is 2.91. The molecule has 1 aliphatic rings. The molecular weight excluding hydrogens is 264 g/mol. The number of pyridine rings is 1. The molecule has 104 valence electrons. The highest BCUT2D eigenvalue weighted by Gasteiger charge is 2.11. The Morgan fingerprint density at radius 2 is 2.14 bits per heavy atom. The Balaban J connectivity index is 1.64. The van der Waals surface area contributed by atoms with Gasteiger partial charge in [-0.05, 0) is 28.8 Å². The molecule has 21 heavy (non-hydrogen) atoms. The first-order chi connectivity index (χ1) is 10.3. The molecule has 2 aromatic rings. The normalized spacial score (nSPS) is 12.5. The molecule has 0 spiro atoms. The minimum atomic E-state index is -0.238. The summed E-state index contributed by atoms with van der Waals surface area (Å²) in [6, 6.07) is 11.4. The van der Waals surface area contributed by atoms with E-state index in [4.69, 9.17) is 5.26 Å². The first kappa shape index (κ1) is 13.3. The molecule has 2 heterocycles. The average molecular weight is 278 g/mol. The van der Waals surface area contributed by atoms with E-state index in [1.165, 1.54) is 17.3 Å². The molecule has 2 N–H and O–H groups in total. The minimum Gasteiger partial charge on any atom is -0.347 e. The van der Waals surface area contributed by atoms with Crippen molar-refractivity contribution in [2.24, 2.45) is 0 Å². The average Bonchev–Trinajstić information content (AvgIpc) is 3.00. The van der Waals surface area contributed by atoms with Gasteiger partial charge in [-0.2, -0.15) is 5.26 Å². The molecule has 1 aliphatic heterocycles. The number of hydrogen-bond donors (Lipinski definition) is 2. The maximum Gasteiger partial charge on any atom is 0.270 e. The highest BCUT2D eigenvalue weighted by atomic mass is 16.1. The molecule has 0 bridgehead atoms. The smallest absolute Gasteiger partial charge is 0.270 e. The molecule has 3 rings (SSSR count). The lowest BCUT2D eigenvalue weighted by atomic mass is 10.1. The third-order valence-electron chi connectivity index (χ3n) is 3.48. The first-order valence-corrected chi connectivity index (χ1v) is 6.72. The Hall–Kier alpha value is -2.71. The fourth-order valence-electron chi connectivity index (χ4n) is 2.33. The maximum absolute atomic E-state index is 12.0. The van der Waals surface area contributed by atoms with Crippen LogP contribution >= 0.6 is 0 Å². The molecule has 0 unspecified atom stereocenters. The standard InChI is InChI=1S/C16H14N4O/c17-6-12-2-4-15(19-8-12)16(21)20-7-11-1-3-13-9-18-10-14(13)5-11/h1-5,8,18H,7,9-10H2,(H,20,21). The predicted octanol–water partition coefficient (Wildman–Crippen LogP) is 1.49. The zero-order chi connectivity index (χ0) is 14.7. The molecule has 5 nitrogen and oxygen atoms in total. The SMILES string of the molecule is N#Cc1ccc(C(=O)NCc2ccc3c(c2)CNC3)nc1. The fraction of sp³-hybridized carbons (Fsp3) is 0.188. The van der Waals surface area contributed by atoms with Crippen molar-refractivity contribution < 1.29 is 4.79 Å². The second-order valence-electron chi connectivity index (χ2n) is 4.93. The molecular formula is C16H14N4O. The Kier molecular flexibility index (Phi) is 3.63. The van der Waals surface area contributed by atoms with E-state index in [9.17, 15) is 4.79 Å². The summed E-state index contributed by atoms with van der Waals surface area (Å²) in [5.41, 5.74) is 4.44. The largest absolute Gasteiger partial charge is 0.347 e. The fourth-order valence-corrected chi connectivity index (χ4v) is 2.33. The summed E-state index contributed by atoms with van der Waals surface area (Å²) in [5, 5.41) is 14.8. The zero-order valence-corrected chi connectivity index (χ0v) is 11.4. The van der Waals surface area contributed by atoms with Crippen LogP contribution in [-0.2, 0) is 19.6 Å². The van der Waals surface area contributed by atoms with Crippen molar-refractivity contribution in [3.8, 4) is 6.07 Å². The van der Waals surface area contributed by atoms with Crippen molar-refractivity contribution in [3.05, 3.63) is 64.5 Å². The number of nitrogens with zero attached hydrogens (tertiary/aromatic N) is 2. The number of nitrogens with one attached hydrogen (secondary N) is 2. The highest BCUT2D eigenvalue weighted by Crippen LogP contribution is 2.16. The van der Waals surface area contributed by atoms with E-state index in [1.807, 2.05) is 12.1 Å².